The van der Waals surface area contributed by atoms with Crippen LogP contribution in [0.3, 0.4) is 0 Å². The number of aromatic nitrogens is 3. The van der Waals surface area contributed by atoms with E-state index in [9.17, 15) is 18.0 Å². The van der Waals surface area contributed by atoms with Gasteiger partial charge in [0.25, 0.3) is 5.91 Å². The number of rotatable bonds is 5. The fourth-order valence-corrected chi connectivity index (χ4v) is 4.58. The van der Waals surface area contributed by atoms with Crippen molar-refractivity contribution in [3.8, 4) is 0 Å². The Labute approximate surface area is 192 Å². The van der Waals surface area contributed by atoms with E-state index in [1.165, 1.54) is 21.9 Å². The molecule has 5 rings (SSSR count). The Kier molecular flexibility index (Phi) is 5.21. The number of nitrogens with zero attached hydrogens (tertiary/aromatic N) is 4. The molecule has 11 heteroatoms. The van der Waals surface area contributed by atoms with Crippen LogP contribution in [-0.2, 0) is 36.5 Å². The Hall–Kier alpha value is -3.31. The molecule has 2 aromatic carbocycles. The first-order chi connectivity index (χ1) is 16.2. The van der Waals surface area contributed by atoms with Crippen molar-refractivity contribution in [1.29, 1.82) is 0 Å². The van der Waals surface area contributed by atoms with E-state index < -0.39 is 29.2 Å². The Bertz CT molecular complexity index is 1270. The maximum atomic E-state index is 15.7. The highest BCUT2D eigenvalue weighted by molar-refractivity contribution is 6.10. The maximum Gasteiger partial charge on any atom is 0.416 e. The summed E-state index contributed by atoms with van der Waals surface area (Å²) in [5.74, 6) is -0.417. The van der Waals surface area contributed by atoms with Gasteiger partial charge in [0.1, 0.15) is 6.33 Å². The summed E-state index contributed by atoms with van der Waals surface area (Å²) in [5, 5.41) is 7.62. The quantitative estimate of drug-likeness (QED) is 0.572. The molecule has 0 bridgehead atoms. The van der Waals surface area contributed by atoms with Crippen LogP contribution in [0.15, 0.2) is 42.7 Å². The lowest BCUT2D eigenvalue weighted by atomic mass is 9.74. The largest absolute Gasteiger partial charge is 0.416 e. The molecule has 178 valence electrons. The van der Waals surface area contributed by atoms with Gasteiger partial charge in [0.2, 0.25) is 0 Å². The minimum absolute atomic E-state index is 0.0233. The normalized spacial score (nSPS) is 18.1. The summed E-state index contributed by atoms with van der Waals surface area (Å²) in [4.78, 5) is 14.4. The van der Waals surface area contributed by atoms with Gasteiger partial charge in [0.05, 0.1) is 30.7 Å². The molecule has 0 saturated carbocycles. The van der Waals surface area contributed by atoms with Crippen LogP contribution in [0.1, 0.15) is 44.6 Å². The summed E-state index contributed by atoms with van der Waals surface area (Å²) in [6, 6.07) is 9.02. The number of amides is 1. The number of aryl methyl sites for hydroxylation is 1. The van der Waals surface area contributed by atoms with Crippen LogP contribution in [0.4, 0.5) is 23.2 Å². The predicted octanol–water partition coefficient (Wildman–Crippen LogP) is 3.43. The van der Waals surface area contributed by atoms with Crippen LogP contribution < -0.4 is 10.6 Å². The molecule has 2 aliphatic rings. The Balaban J connectivity index is 1.53. The zero-order chi connectivity index (χ0) is 24.3. The number of nitrogens with two attached hydrogens (primary N) is 1. The fourth-order valence-electron chi connectivity index (χ4n) is 4.58. The van der Waals surface area contributed by atoms with E-state index in [0.717, 1.165) is 6.07 Å². The molecule has 0 aliphatic carbocycles. The maximum absolute atomic E-state index is 15.7. The fraction of sp³-hybridized carbons (Fsp3) is 0.348. The SMILES string of the molecule is Cn1cnnc1[C@H](F)C1(c2cccc(N3Cc4c(cc(CN)cc4C(F)(F)F)C3=O)c2)COC1. The van der Waals surface area contributed by atoms with Gasteiger partial charge in [0, 0.05) is 24.8 Å². The third-order valence-electron chi connectivity index (χ3n) is 6.55. The number of fused-ring (bicyclic) bond motifs is 1. The van der Waals surface area contributed by atoms with Gasteiger partial charge in [-0.05, 0) is 41.0 Å². The van der Waals surface area contributed by atoms with Gasteiger partial charge in [-0.15, -0.1) is 10.2 Å². The molecule has 1 aromatic heterocycles. The first-order valence-corrected chi connectivity index (χ1v) is 10.6. The monoisotopic (exact) mass is 475 g/mol. The minimum Gasteiger partial charge on any atom is -0.379 e. The zero-order valence-corrected chi connectivity index (χ0v) is 18.1. The first kappa shape index (κ1) is 22.5. The van der Waals surface area contributed by atoms with Crippen molar-refractivity contribution in [2.24, 2.45) is 12.8 Å². The lowest BCUT2D eigenvalue weighted by Gasteiger charge is -2.43. The smallest absolute Gasteiger partial charge is 0.379 e. The molecule has 2 N–H and O–H groups in total. The second-order valence-electron chi connectivity index (χ2n) is 8.62. The first-order valence-electron chi connectivity index (χ1n) is 10.6. The van der Waals surface area contributed by atoms with Crippen molar-refractivity contribution >= 4 is 11.6 Å². The number of hydrogen-bond donors (Lipinski definition) is 1. The number of benzene rings is 2. The highest BCUT2D eigenvalue weighted by atomic mass is 19.4. The number of alkyl halides is 4. The lowest BCUT2D eigenvalue weighted by Crippen LogP contribution is -2.50. The van der Waals surface area contributed by atoms with Gasteiger partial charge >= 0.3 is 6.18 Å². The molecule has 1 fully saturated rings. The van der Waals surface area contributed by atoms with Crippen LogP contribution in [0.25, 0.3) is 0 Å². The number of halogens is 4. The second-order valence-corrected chi connectivity index (χ2v) is 8.62. The Morgan fingerprint density at radius 3 is 2.59 bits per heavy atom. The third kappa shape index (κ3) is 3.38. The zero-order valence-electron chi connectivity index (χ0n) is 18.1. The highest BCUT2D eigenvalue weighted by Crippen LogP contribution is 2.46. The van der Waals surface area contributed by atoms with Gasteiger partial charge in [0.15, 0.2) is 12.0 Å². The predicted molar refractivity (Wildman–Crippen MR) is 114 cm³/mol. The molecule has 7 nitrogen and oxygen atoms in total. The van der Waals surface area contributed by atoms with E-state index in [2.05, 4.69) is 10.2 Å². The summed E-state index contributed by atoms with van der Waals surface area (Å²) < 4.78 is 63.6. The van der Waals surface area contributed by atoms with E-state index in [-0.39, 0.29) is 48.8 Å². The molecule has 1 saturated heterocycles. The molecular formula is C23H21F4N5O2. The van der Waals surface area contributed by atoms with Gasteiger partial charge in [-0.2, -0.15) is 13.2 Å². The standard InChI is InChI=1S/C23H21F4N5O2/c1-31-12-29-30-20(31)19(24)22(10-34-11-22)14-3-2-4-15(7-14)32-9-17-16(21(32)33)5-13(8-28)6-18(17)23(25,26)27/h2-7,12,19H,8-11,28H2,1H3/t19-/m0/s1. The van der Waals surface area contributed by atoms with E-state index in [1.807, 2.05) is 0 Å². The molecule has 2 aliphatic heterocycles. The summed E-state index contributed by atoms with van der Waals surface area (Å²) in [5.41, 5.74) is 4.70. The van der Waals surface area contributed by atoms with Crippen molar-refractivity contribution in [3.63, 3.8) is 0 Å². The number of carbonyl (C=O) groups excluding carboxylic acids is 1. The van der Waals surface area contributed by atoms with Gasteiger partial charge in [-0.25, -0.2) is 4.39 Å². The van der Waals surface area contributed by atoms with Crippen molar-refractivity contribution in [2.45, 2.75) is 30.9 Å². The van der Waals surface area contributed by atoms with Gasteiger partial charge in [-0.1, -0.05) is 12.1 Å². The Morgan fingerprint density at radius 2 is 2.00 bits per heavy atom. The van der Waals surface area contributed by atoms with E-state index >= 15 is 4.39 Å². The third-order valence-corrected chi connectivity index (χ3v) is 6.55. The molecule has 1 atom stereocenters. The number of carbonyl (C=O) groups is 1. The number of ether oxygens (including phenoxy) is 1. The second kappa shape index (κ2) is 7.88. The van der Waals surface area contributed by atoms with Crippen LogP contribution in [-0.4, -0.2) is 33.9 Å². The number of hydrogen-bond acceptors (Lipinski definition) is 5. The highest BCUT2D eigenvalue weighted by Gasteiger charge is 2.51. The lowest BCUT2D eigenvalue weighted by molar-refractivity contribution is -0.138. The molecule has 1 amide bonds. The van der Waals surface area contributed by atoms with Gasteiger partial charge in [-0.3, -0.25) is 4.79 Å². The van der Waals surface area contributed by atoms with E-state index in [4.69, 9.17) is 10.5 Å². The average Bonchev–Trinajstić information content (AvgIpc) is 3.35. The summed E-state index contributed by atoms with van der Waals surface area (Å²) in [6.45, 7) is -0.182. The van der Waals surface area contributed by atoms with Crippen LogP contribution in [0, 0.1) is 0 Å². The topological polar surface area (TPSA) is 86.3 Å². The van der Waals surface area contributed by atoms with E-state index in [0.29, 0.717) is 11.3 Å². The molecule has 3 aromatic rings. The number of anilines is 1. The molecule has 34 heavy (non-hydrogen) atoms. The van der Waals surface area contributed by atoms with Crippen molar-refractivity contribution in [2.75, 3.05) is 18.1 Å². The average molecular weight is 475 g/mol. The van der Waals surface area contributed by atoms with E-state index in [1.54, 1.807) is 31.3 Å². The summed E-state index contributed by atoms with van der Waals surface area (Å²) in [6.07, 6.45) is -4.75. The summed E-state index contributed by atoms with van der Waals surface area (Å²) in [7, 11) is 1.64. The van der Waals surface area contributed by atoms with Crippen LogP contribution in [0.2, 0.25) is 0 Å². The minimum atomic E-state index is -4.63. The molecule has 3 heterocycles. The van der Waals surface area contributed by atoms with Gasteiger partial charge < -0.3 is 19.9 Å². The van der Waals surface area contributed by atoms with Crippen molar-refractivity contribution < 1.29 is 27.1 Å². The molecule has 0 spiro atoms. The molecule has 0 unspecified atom stereocenters. The Morgan fingerprint density at radius 1 is 1.24 bits per heavy atom. The van der Waals surface area contributed by atoms with Crippen molar-refractivity contribution in [3.05, 3.63) is 76.4 Å². The summed E-state index contributed by atoms with van der Waals surface area (Å²) >= 11 is 0. The van der Waals surface area contributed by atoms with Crippen molar-refractivity contribution in [1.82, 2.24) is 14.8 Å². The molecular weight excluding hydrogens is 454 g/mol. The van der Waals surface area contributed by atoms with Crippen LogP contribution in [0.5, 0.6) is 0 Å². The van der Waals surface area contributed by atoms with Crippen LogP contribution >= 0.6 is 0 Å². The molecule has 0 radical (unpaired) electrons.